The molecule has 134 valence electrons. The number of anilines is 3. The number of nitrogens with zero attached hydrogens (tertiary/aromatic N) is 2. The lowest BCUT2D eigenvalue weighted by atomic mass is 10.1. The first-order valence-corrected chi connectivity index (χ1v) is 9.66. The fourth-order valence-electron chi connectivity index (χ4n) is 2.31. The van der Waals surface area contributed by atoms with Crippen molar-refractivity contribution in [2.45, 2.75) is 18.7 Å². The summed E-state index contributed by atoms with van der Waals surface area (Å²) in [6, 6.07) is 15.1. The maximum absolute atomic E-state index is 12.4. The van der Waals surface area contributed by atoms with E-state index in [-0.39, 0.29) is 10.7 Å². The summed E-state index contributed by atoms with van der Waals surface area (Å²) in [6.07, 6.45) is 0. The van der Waals surface area contributed by atoms with Crippen molar-refractivity contribution in [3.63, 3.8) is 0 Å². The summed E-state index contributed by atoms with van der Waals surface area (Å²) in [5.41, 5.74) is 3.19. The fraction of sp³-hybridized carbons (Fsp3) is 0.111. The van der Waals surface area contributed by atoms with Gasteiger partial charge in [-0.05, 0) is 61.4 Å². The van der Waals surface area contributed by atoms with E-state index in [1.807, 2.05) is 32.0 Å². The Bertz CT molecular complexity index is 1040. The van der Waals surface area contributed by atoms with Gasteiger partial charge in [-0.25, -0.2) is 8.42 Å². The minimum absolute atomic E-state index is 0.0596. The number of benzene rings is 2. The molecule has 8 heteroatoms. The lowest BCUT2D eigenvalue weighted by Gasteiger charge is -2.11. The molecule has 0 aliphatic rings. The van der Waals surface area contributed by atoms with Crippen LogP contribution in [0.2, 0.25) is 5.02 Å². The van der Waals surface area contributed by atoms with E-state index >= 15 is 0 Å². The number of aromatic nitrogens is 2. The lowest BCUT2D eigenvalue weighted by molar-refractivity contribution is 0.601. The van der Waals surface area contributed by atoms with Gasteiger partial charge in [-0.3, -0.25) is 4.72 Å². The Morgan fingerprint density at radius 1 is 0.923 bits per heavy atom. The zero-order valence-corrected chi connectivity index (χ0v) is 15.8. The predicted octanol–water partition coefficient (Wildman–Crippen LogP) is 4.29. The zero-order chi connectivity index (χ0) is 18.7. The average molecular weight is 389 g/mol. The maximum atomic E-state index is 12.4. The molecule has 6 nitrogen and oxygen atoms in total. The van der Waals surface area contributed by atoms with Crippen LogP contribution in [0.25, 0.3) is 0 Å². The van der Waals surface area contributed by atoms with Crippen molar-refractivity contribution in [1.29, 1.82) is 0 Å². The van der Waals surface area contributed by atoms with Gasteiger partial charge in [0.05, 0.1) is 4.90 Å². The minimum atomic E-state index is -3.78. The quantitative estimate of drug-likeness (QED) is 0.681. The van der Waals surface area contributed by atoms with Crippen LogP contribution in [-0.4, -0.2) is 18.6 Å². The van der Waals surface area contributed by atoms with Crippen LogP contribution in [0.4, 0.5) is 17.3 Å². The van der Waals surface area contributed by atoms with E-state index in [2.05, 4.69) is 20.2 Å². The summed E-state index contributed by atoms with van der Waals surface area (Å²) < 4.78 is 27.1. The first-order chi connectivity index (χ1) is 12.3. The third kappa shape index (κ3) is 4.12. The molecule has 0 bridgehead atoms. The molecule has 26 heavy (non-hydrogen) atoms. The highest BCUT2D eigenvalue weighted by molar-refractivity contribution is 7.92. The fourth-order valence-corrected chi connectivity index (χ4v) is 3.61. The Kier molecular flexibility index (Phi) is 5.11. The predicted molar refractivity (Wildman–Crippen MR) is 103 cm³/mol. The molecule has 2 aromatic carbocycles. The van der Waals surface area contributed by atoms with E-state index < -0.39 is 10.0 Å². The van der Waals surface area contributed by atoms with Gasteiger partial charge in [-0.15, -0.1) is 10.2 Å². The standard InChI is InChI=1S/C18H17ClN4O2S/c1-12-5-3-8-16(13(12)2)20-17-9-10-18(22-21-17)23-26(24,25)15-7-4-6-14(19)11-15/h3-11H,1-2H3,(H,20,21)(H,22,23). The summed E-state index contributed by atoms with van der Waals surface area (Å²) >= 11 is 5.85. The largest absolute Gasteiger partial charge is 0.339 e. The van der Waals surface area contributed by atoms with Crippen molar-refractivity contribution in [3.8, 4) is 0 Å². The maximum Gasteiger partial charge on any atom is 0.263 e. The topological polar surface area (TPSA) is 84.0 Å². The van der Waals surface area contributed by atoms with Gasteiger partial charge in [0.15, 0.2) is 11.6 Å². The first-order valence-electron chi connectivity index (χ1n) is 7.80. The molecule has 0 saturated carbocycles. The first kappa shape index (κ1) is 18.2. The second kappa shape index (κ2) is 7.31. The third-order valence-electron chi connectivity index (χ3n) is 3.88. The number of rotatable bonds is 5. The number of halogens is 1. The molecule has 1 aromatic heterocycles. The van der Waals surface area contributed by atoms with Crippen molar-refractivity contribution in [3.05, 3.63) is 70.7 Å². The molecule has 0 fully saturated rings. The Labute approximate surface area is 157 Å². The molecule has 1 heterocycles. The number of sulfonamides is 1. The number of hydrogen-bond acceptors (Lipinski definition) is 5. The lowest BCUT2D eigenvalue weighted by Crippen LogP contribution is -2.14. The zero-order valence-electron chi connectivity index (χ0n) is 14.2. The molecule has 0 amide bonds. The molecular weight excluding hydrogens is 372 g/mol. The highest BCUT2D eigenvalue weighted by atomic mass is 35.5. The normalized spacial score (nSPS) is 11.2. The van der Waals surface area contributed by atoms with Crippen LogP contribution in [0.5, 0.6) is 0 Å². The van der Waals surface area contributed by atoms with Crippen molar-refractivity contribution < 1.29 is 8.42 Å². The van der Waals surface area contributed by atoms with Gasteiger partial charge in [0.2, 0.25) is 0 Å². The second-order valence-corrected chi connectivity index (χ2v) is 7.86. The number of nitrogens with one attached hydrogen (secondary N) is 2. The van der Waals surface area contributed by atoms with Gasteiger partial charge in [-0.1, -0.05) is 29.8 Å². The molecule has 0 saturated heterocycles. The monoisotopic (exact) mass is 388 g/mol. The Hall–Kier alpha value is -2.64. The van der Waals surface area contributed by atoms with Crippen molar-refractivity contribution in [2.24, 2.45) is 0 Å². The van der Waals surface area contributed by atoms with E-state index in [4.69, 9.17) is 11.6 Å². The number of aryl methyl sites for hydroxylation is 1. The molecule has 0 unspecified atom stereocenters. The van der Waals surface area contributed by atoms with E-state index in [0.29, 0.717) is 10.8 Å². The van der Waals surface area contributed by atoms with Crippen molar-refractivity contribution >= 4 is 38.9 Å². The summed E-state index contributed by atoms with van der Waals surface area (Å²) in [7, 11) is -3.78. The molecule has 0 radical (unpaired) electrons. The van der Waals surface area contributed by atoms with Crippen LogP contribution in [0.15, 0.2) is 59.5 Å². The van der Waals surface area contributed by atoms with Crippen molar-refractivity contribution in [2.75, 3.05) is 10.0 Å². The van der Waals surface area contributed by atoms with E-state index in [1.54, 1.807) is 24.3 Å². The van der Waals surface area contributed by atoms with Gasteiger partial charge in [0.25, 0.3) is 10.0 Å². The molecular formula is C18H17ClN4O2S. The summed E-state index contributed by atoms with van der Waals surface area (Å²) in [4.78, 5) is 0.0596. The van der Waals surface area contributed by atoms with E-state index in [0.717, 1.165) is 16.8 Å². The molecule has 0 aliphatic heterocycles. The van der Waals surface area contributed by atoms with Crippen LogP contribution in [-0.2, 0) is 10.0 Å². The van der Waals surface area contributed by atoms with E-state index in [9.17, 15) is 8.42 Å². The van der Waals surface area contributed by atoms with Gasteiger partial charge >= 0.3 is 0 Å². The molecule has 0 spiro atoms. The molecule has 3 rings (SSSR count). The SMILES string of the molecule is Cc1cccc(Nc2ccc(NS(=O)(=O)c3cccc(Cl)c3)nn2)c1C. The van der Waals surface area contributed by atoms with Gasteiger partial charge in [-0.2, -0.15) is 0 Å². The van der Waals surface area contributed by atoms with Crippen LogP contribution < -0.4 is 10.0 Å². The molecule has 3 aromatic rings. The van der Waals surface area contributed by atoms with Gasteiger partial charge in [0, 0.05) is 10.7 Å². The van der Waals surface area contributed by atoms with Gasteiger partial charge < -0.3 is 5.32 Å². The molecule has 0 aliphatic carbocycles. The van der Waals surface area contributed by atoms with Crippen LogP contribution in [0, 0.1) is 13.8 Å². The summed E-state index contributed by atoms with van der Waals surface area (Å²) in [5.74, 6) is 0.640. The Morgan fingerprint density at radius 2 is 1.62 bits per heavy atom. The average Bonchev–Trinajstić information content (AvgIpc) is 2.60. The summed E-state index contributed by atoms with van der Waals surface area (Å²) in [6.45, 7) is 4.04. The smallest absolute Gasteiger partial charge is 0.263 e. The highest BCUT2D eigenvalue weighted by Gasteiger charge is 2.15. The van der Waals surface area contributed by atoms with Crippen LogP contribution >= 0.6 is 11.6 Å². The van der Waals surface area contributed by atoms with Crippen LogP contribution in [0.3, 0.4) is 0 Å². The number of hydrogen-bond donors (Lipinski definition) is 2. The van der Waals surface area contributed by atoms with Crippen LogP contribution in [0.1, 0.15) is 11.1 Å². The third-order valence-corrected chi connectivity index (χ3v) is 5.46. The molecule has 0 atom stereocenters. The summed E-state index contributed by atoms with van der Waals surface area (Å²) in [5, 5.41) is 11.5. The minimum Gasteiger partial charge on any atom is -0.339 e. The Balaban J connectivity index is 1.76. The van der Waals surface area contributed by atoms with Crippen molar-refractivity contribution in [1.82, 2.24) is 10.2 Å². The van der Waals surface area contributed by atoms with Gasteiger partial charge in [0.1, 0.15) is 0 Å². The second-order valence-electron chi connectivity index (χ2n) is 5.74. The molecule has 2 N–H and O–H groups in total. The Morgan fingerprint density at radius 3 is 2.31 bits per heavy atom. The highest BCUT2D eigenvalue weighted by Crippen LogP contribution is 2.22. The van der Waals surface area contributed by atoms with E-state index in [1.165, 1.54) is 12.1 Å².